The number of sulfonamides is 1. The largest absolute Gasteiger partial charge is 0.335 e. The SMILES string of the molecule is N#Cc1ccc(S(=O)(=O)N2CCN(C(=O)c3cc(C4CC4)nn3-c3ccccc3)CC2)cc1. The van der Waals surface area contributed by atoms with Crippen LogP contribution in [0.4, 0.5) is 0 Å². The topological polar surface area (TPSA) is 99.3 Å². The van der Waals surface area contributed by atoms with E-state index >= 15 is 0 Å². The Morgan fingerprint density at radius 1 is 0.970 bits per heavy atom. The van der Waals surface area contributed by atoms with Gasteiger partial charge < -0.3 is 4.90 Å². The summed E-state index contributed by atoms with van der Waals surface area (Å²) in [5, 5.41) is 13.6. The van der Waals surface area contributed by atoms with Crippen LogP contribution in [-0.4, -0.2) is 59.5 Å². The molecule has 2 fully saturated rings. The number of carbonyl (C=O) groups is 1. The van der Waals surface area contributed by atoms with E-state index < -0.39 is 10.0 Å². The van der Waals surface area contributed by atoms with Crippen LogP contribution in [0.15, 0.2) is 65.6 Å². The van der Waals surface area contributed by atoms with E-state index in [0.717, 1.165) is 24.2 Å². The monoisotopic (exact) mass is 461 g/mol. The highest BCUT2D eigenvalue weighted by molar-refractivity contribution is 7.89. The third kappa shape index (κ3) is 4.15. The van der Waals surface area contributed by atoms with E-state index in [-0.39, 0.29) is 23.9 Å². The number of para-hydroxylation sites is 1. The van der Waals surface area contributed by atoms with Crippen molar-refractivity contribution in [3.63, 3.8) is 0 Å². The number of nitriles is 1. The fourth-order valence-corrected chi connectivity index (χ4v) is 5.46. The fourth-order valence-electron chi connectivity index (χ4n) is 4.04. The Morgan fingerprint density at radius 3 is 2.24 bits per heavy atom. The van der Waals surface area contributed by atoms with Gasteiger partial charge in [-0.3, -0.25) is 4.79 Å². The molecule has 0 bridgehead atoms. The van der Waals surface area contributed by atoms with Crippen molar-refractivity contribution in [2.45, 2.75) is 23.7 Å². The maximum Gasteiger partial charge on any atom is 0.272 e. The number of aromatic nitrogens is 2. The van der Waals surface area contributed by atoms with Gasteiger partial charge in [-0.05, 0) is 55.3 Å². The molecular formula is C24H23N5O3S. The molecule has 1 amide bonds. The minimum atomic E-state index is -3.68. The molecule has 0 N–H and O–H groups in total. The van der Waals surface area contributed by atoms with E-state index in [2.05, 4.69) is 0 Å². The zero-order valence-corrected chi connectivity index (χ0v) is 18.8. The number of nitrogens with zero attached hydrogens (tertiary/aromatic N) is 5. The number of carbonyl (C=O) groups excluding carboxylic acids is 1. The molecule has 2 aromatic carbocycles. The van der Waals surface area contributed by atoms with E-state index in [9.17, 15) is 13.2 Å². The van der Waals surface area contributed by atoms with Crippen molar-refractivity contribution < 1.29 is 13.2 Å². The highest BCUT2D eigenvalue weighted by atomic mass is 32.2. The summed E-state index contributed by atoms with van der Waals surface area (Å²) in [5.41, 5.74) is 2.68. The second kappa shape index (κ2) is 8.46. The van der Waals surface area contributed by atoms with Gasteiger partial charge in [0.05, 0.1) is 27.9 Å². The Balaban J connectivity index is 1.33. The lowest BCUT2D eigenvalue weighted by molar-refractivity contribution is 0.0688. The maximum absolute atomic E-state index is 13.4. The predicted molar refractivity (Wildman–Crippen MR) is 121 cm³/mol. The molecule has 8 nitrogen and oxygen atoms in total. The standard InChI is InChI=1S/C24H23N5O3S/c25-17-18-6-10-21(11-7-18)33(31,32)28-14-12-27(13-15-28)24(30)23-16-22(19-8-9-19)26-29(23)20-4-2-1-3-5-20/h1-7,10-11,16,19H,8-9,12-15H2. The van der Waals surface area contributed by atoms with E-state index in [1.54, 1.807) is 9.58 Å². The number of benzene rings is 2. The van der Waals surface area contributed by atoms with Gasteiger partial charge in [0, 0.05) is 32.1 Å². The average Bonchev–Trinajstić information content (AvgIpc) is 3.62. The molecule has 1 saturated carbocycles. The highest BCUT2D eigenvalue weighted by Crippen LogP contribution is 2.40. The summed E-state index contributed by atoms with van der Waals surface area (Å²) in [6.07, 6.45) is 2.18. The summed E-state index contributed by atoms with van der Waals surface area (Å²) in [6, 6.07) is 19.3. The third-order valence-electron chi connectivity index (χ3n) is 6.09. The number of hydrogen-bond donors (Lipinski definition) is 0. The van der Waals surface area contributed by atoms with Crippen LogP contribution in [0, 0.1) is 11.3 Å². The predicted octanol–water partition coefficient (Wildman–Crippen LogP) is 2.77. The van der Waals surface area contributed by atoms with Crippen molar-refractivity contribution in [2.24, 2.45) is 0 Å². The van der Waals surface area contributed by atoms with E-state index in [4.69, 9.17) is 10.4 Å². The molecular weight excluding hydrogens is 438 g/mol. The minimum Gasteiger partial charge on any atom is -0.335 e. The smallest absolute Gasteiger partial charge is 0.272 e. The third-order valence-corrected chi connectivity index (χ3v) is 8.00. The molecule has 0 spiro atoms. The molecule has 9 heteroatoms. The first-order chi connectivity index (χ1) is 16.0. The molecule has 3 aromatic rings. The Labute approximate surface area is 192 Å². The Morgan fingerprint density at radius 2 is 1.64 bits per heavy atom. The lowest BCUT2D eigenvalue weighted by Crippen LogP contribution is -2.50. The van der Waals surface area contributed by atoms with Crippen LogP contribution in [-0.2, 0) is 10.0 Å². The van der Waals surface area contributed by atoms with Gasteiger partial charge in [0.2, 0.25) is 10.0 Å². The lowest BCUT2D eigenvalue weighted by atomic mass is 10.2. The van der Waals surface area contributed by atoms with Gasteiger partial charge in [0.1, 0.15) is 5.69 Å². The van der Waals surface area contributed by atoms with E-state index in [1.807, 2.05) is 42.5 Å². The summed E-state index contributed by atoms with van der Waals surface area (Å²) in [6.45, 7) is 1.02. The Bertz CT molecular complexity index is 1310. The van der Waals surface area contributed by atoms with Crippen molar-refractivity contribution in [3.05, 3.63) is 77.6 Å². The quantitative estimate of drug-likeness (QED) is 0.582. The first kappa shape index (κ1) is 21.4. The molecule has 2 aliphatic rings. The van der Waals surface area contributed by atoms with Crippen molar-refractivity contribution >= 4 is 15.9 Å². The normalized spacial score (nSPS) is 17.0. The summed E-state index contributed by atoms with van der Waals surface area (Å²) < 4.78 is 29.1. The van der Waals surface area contributed by atoms with Crippen molar-refractivity contribution in [1.29, 1.82) is 5.26 Å². The molecule has 168 valence electrons. The molecule has 1 saturated heterocycles. The summed E-state index contributed by atoms with van der Waals surface area (Å²) in [4.78, 5) is 15.3. The van der Waals surface area contributed by atoms with Crippen LogP contribution >= 0.6 is 0 Å². The molecule has 0 radical (unpaired) electrons. The van der Waals surface area contributed by atoms with Crippen molar-refractivity contribution in [1.82, 2.24) is 19.0 Å². The summed E-state index contributed by atoms with van der Waals surface area (Å²) in [5.74, 6) is 0.268. The van der Waals surface area contributed by atoms with Crippen LogP contribution in [0.3, 0.4) is 0 Å². The van der Waals surface area contributed by atoms with Crippen LogP contribution in [0.5, 0.6) is 0 Å². The second-order valence-electron chi connectivity index (χ2n) is 8.31. The second-order valence-corrected chi connectivity index (χ2v) is 10.2. The van der Waals surface area contributed by atoms with Gasteiger partial charge in [-0.25, -0.2) is 13.1 Å². The molecule has 2 heterocycles. The van der Waals surface area contributed by atoms with E-state index in [0.29, 0.717) is 30.3 Å². The fraction of sp³-hybridized carbons (Fsp3) is 0.292. The highest BCUT2D eigenvalue weighted by Gasteiger charge is 2.33. The molecule has 1 aromatic heterocycles. The van der Waals surface area contributed by atoms with Gasteiger partial charge in [-0.2, -0.15) is 14.7 Å². The van der Waals surface area contributed by atoms with Crippen LogP contribution in [0.25, 0.3) is 5.69 Å². The molecule has 5 rings (SSSR count). The van der Waals surface area contributed by atoms with Crippen LogP contribution in [0.2, 0.25) is 0 Å². The molecule has 0 unspecified atom stereocenters. The van der Waals surface area contributed by atoms with Crippen molar-refractivity contribution in [3.8, 4) is 11.8 Å². The van der Waals surface area contributed by atoms with Crippen LogP contribution in [0.1, 0.15) is 40.5 Å². The average molecular weight is 462 g/mol. The van der Waals surface area contributed by atoms with Gasteiger partial charge in [0.25, 0.3) is 5.91 Å². The molecule has 0 atom stereocenters. The first-order valence-electron chi connectivity index (χ1n) is 10.9. The van der Waals surface area contributed by atoms with Crippen molar-refractivity contribution in [2.75, 3.05) is 26.2 Å². The number of rotatable bonds is 5. The number of piperazine rings is 1. The molecule has 33 heavy (non-hydrogen) atoms. The zero-order valence-electron chi connectivity index (χ0n) is 18.0. The molecule has 1 aliphatic carbocycles. The number of amides is 1. The summed E-state index contributed by atoms with van der Waals surface area (Å²) >= 11 is 0. The first-order valence-corrected chi connectivity index (χ1v) is 12.4. The maximum atomic E-state index is 13.4. The van der Waals surface area contributed by atoms with Gasteiger partial charge in [-0.1, -0.05) is 18.2 Å². The lowest BCUT2D eigenvalue weighted by Gasteiger charge is -2.34. The Kier molecular flexibility index (Phi) is 5.48. The van der Waals surface area contributed by atoms with Gasteiger partial charge >= 0.3 is 0 Å². The van der Waals surface area contributed by atoms with Gasteiger partial charge in [0.15, 0.2) is 0 Å². The molecule has 1 aliphatic heterocycles. The number of hydrogen-bond acceptors (Lipinski definition) is 5. The Hall–Kier alpha value is -3.48. The zero-order chi connectivity index (χ0) is 23.0. The van der Waals surface area contributed by atoms with Gasteiger partial charge in [-0.15, -0.1) is 0 Å². The van der Waals surface area contributed by atoms with Crippen LogP contribution < -0.4 is 0 Å². The minimum absolute atomic E-state index is 0.145. The van der Waals surface area contributed by atoms with E-state index in [1.165, 1.54) is 28.6 Å². The summed E-state index contributed by atoms with van der Waals surface area (Å²) in [7, 11) is -3.68.